The van der Waals surface area contributed by atoms with Crippen LogP contribution in [0.3, 0.4) is 0 Å². The van der Waals surface area contributed by atoms with Gasteiger partial charge in [0.1, 0.15) is 0 Å². The molecule has 0 heterocycles. The van der Waals surface area contributed by atoms with Crippen LogP contribution in [0, 0.1) is 0 Å². The van der Waals surface area contributed by atoms with E-state index in [0.29, 0.717) is 23.1 Å². The molecule has 0 rings (SSSR count). The first-order valence-electron chi connectivity index (χ1n) is 21.1. The number of rotatable bonds is 39. The van der Waals surface area contributed by atoms with Crippen molar-refractivity contribution in [2.75, 3.05) is 64.9 Å². The van der Waals surface area contributed by atoms with Crippen LogP contribution in [0.5, 0.6) is 0 Å². The minimum atomic E-state index is -0.113. The minimum absolute atomic E-state index is 0.113. The summed E-state index contributed by atoms with van der Waals surface area (Å²) in [5.74, 6) is 1.67. The lowest BCUT2D eigenvalue weighted by Gasteiger charge is -2.18. The minimum Gasteiger partial charge on any atom is -0.469 e. The number of methoxy groups -OCH3 is 2. The second-order valence-electron chi connectivity index (χ2n) is 14.7. The highest BCUT2D eigenvalue weighted by molar-refractivity contribution is 8.13. The maximum atomic E-state index is 12.3. The third kappa shape index (κ3) is 39.1. The predicted octanol–water partition coefficient (Wildman–Crippen LogP) is 11.8. The number of carbonyl (C=O) groups is 4. The molecule has 10 heteroatoms. The fourth-order valence-corrected chi connectivity index (χ4v) is 10.7. The zero-order valence-electron chi connectivity index (χ0n) is 34.2. The predicted molar refractivity (Wildman–Crippen MR) is 228 cm³/mol. The Morgan fingerprint density at radius 2 is 0.731 bits per heavy atom. The van der Waals surface area contributed by atoms with Gasteiger partial charge in [0.25, 0.3) is 0 Å². The molecule has 0 unspecified atom stereocenters. The van der Waals surface area contributed by atoms with Gasteiger partial charge in [-0.05, 0) is 103 Å². The molecule has 0 aromatic heterocycles. The third-order valence-corrected chi connectivity index (χ3v) is 14.5. The van der Waals surface area contributed by atoms with E-state index in [2.05, 4.69) is 28.5 Å². The molecule has 0 radical (unpaired) electrons. The Morgan fingerprint density at radius 3 is 1.10 bits per heavy atom. The fourth-order valence-electron chi connectivity index (χ4n) is 6.25. The number of hydrogen-bond acceptors (Lipinski definition) is 9. The van der Waals surface area contributed by atoms with E-state index in [-0.39, 0.29) is 19.9 Å². The van der Waals surface area contributed by atoms with Crippen LogP contribution in [-0.4, -0.2) is 91.9 Å². The summed E-state index contributed by atoms with van der Waals surface area (Å²) in [6.45, 7) is 1.19. The average molecular weight is 790 g/mol. The largest absolute Gasteiger partial charge is 0.469 e. The van der Waals surface area contributed by atoms with Crippen molar-refractivity contribution in [1.29, 1.82) is 0 Å². The van der Waals surface area contributed by atoms with Crippen molar-refractivity contribution < 1.29 is 28.7 Å². The maximum Gasteiger partial charge on any atom is 0.305 e. The Bertz CT molecular complexity index is 802. The summed E-state index contributed by atoms with van der Waals surface area (Å²) in [6, 6.07) is 0. The van der Waals surface area contributed by atoms with Gasteiger partial charge in [-0.15, -0.1) is 7.92 Å². The Kier molecular flexibility index (Phi) is 39.6. The summed E-state index contributed by atoms with van der Waals surface area (Å²) >= 11 is 3.06. The molecule has 52 heavy (non-hydrogen) atoms. The van der Waals surface area contributed by atoms with E-state index in [4.69, 9.17) is 0 Å². The molecule has 306 valence electrons. The molecule has 0 saturated heterocycles. The normalized spacial score (nSPS) is 11.4. The van der Waals surface area contributed by atoms with Gasteiger partial charge >= 0.3 is 11.9 Å². The van der Waals surface area contributed by atoms with Crippen LogP contribution in [0.25, 0.3) is 0 Å². The van der Waals surface area contributed by atoms with Gasteiger partial charge in [0, 0.05) is 37.2 Å². The molecule has 0 spiro atoms. The van der Waals surface area contributed by atoms with E-state index < -0.39 is 0 Å². The highest BCUT2D eigenvalue weighted by Gasteiger charge is 2.09. The molecule has 0 atom stereocenters. The zero-order chi connectivity index (χ0) is 38.3. The molecule has 0 aromatic carbocycles. The van der Waals surface area contributed by atoms with Gasteiger partial charge in [0.05, 0.1) is 14.2 Å². The molecular formula is C42H80NO6PS2. The van der Waals surface area contributed by atoms with E-state index in [0.717, 1.165) is 88.6 Å². The van der Waals surface area contributed by atoms with Gasteiger partial charge in [-0.2, -0.15) is 0 Å². The van der Waals surface area contributed by atoms with Crippen molar-refractivity contribution >= 4 is 53.6 Å². The van der Waals surface area contributed by atoms with Crippen molar-refractivity contribution in [2.45, 2.75) is 180 Å². The maximum absolute atomic E-state index is 12.3. The van der Waals surface area contributed by atoms with Crippen LogP contribution < -0.4 is 0 Å². The van der Waals surface area contributed by atoms with Crippen LogP contribution in [0.1, 0.15) is 180 Å². The molecule has 0 amide bonds. The summed E-state index contributed by atoms with van der Waals surface area (Å²) in [7, 11) is 7.36. The highest BCUT2D eigenvalue weighted by Crippen LogP contribution is 2.39. The SMILES string of the molecule is COC(=O)CCCCCCCCSC(=O)CCCCCCCP(CCCCCCCC(=O)SCCCCCCCCC(=O)OC)CCCCN(C)C. The number of ether oxygens (including phenoxy) is 2. The Hall–Kier alpha value is -0.630. The number of carbonyl (C=O) groups excluding carboxylic acids is 4. The first kappa shape index (κ1) is 51.4. The number of nitrogens with zero attached hydrogens (tertiary/aromatic N) is 1. The van der Waals surface area contributed by atoms with Crippen molar-refractivity contribution in [1.82, 2.24) is 4.90 Å². The van der Waals surface area contributed by atoms with Crippen LogP contribution in [-0.2, 0) is 28.7 Å². The van der Waals surface area contributed by atoms with Crippen LogP contribution in [0.4, 0.5) is 0 Å². The zero-order valence-corrected chi connectivity index (χ0v) is 36.7. The molecule has 0 aliphatic rings. The van der Waals surface area contributed by atoms with Gasteiger partial charge in [-0.1, -0.05) is 113 Å². The summed E-state index contributed by atoms with van der Waals surface area (Å²) < 4.78 is 9.35. The lowest BCUT2D eigenvalue weighted by molar-refractivity contribution is -0.141. The van der Waals surface area contributed by atoms with Gasteiger partial charge in [0.15, 0.2) is 10.2 Å². The van der Waals surface area contributed by atoms with Gasteiger partial charge in [-0.3, -0.25) is 19.2 Å². The van der Waals surface area contributed by atoms with Crippen molar-refractivity contribution in [3.8, 4) is 0 Å². The molecule has 0 aromatic rings. The quantitative estimate of drug-likeness (QED) is 0.0343. The molecule has 0 aliphatic heterocycles. The number of thioether (sulfide) groups is 2. The highest BCUT2D eigenvalue weighted by atomic mass is 32.2. The molecular weight excluding hydrogens is 710 g/mol. The molecule has 0 fully saturated rings. The number of hydrogen-bond donors (Lipinski definition) is 0. The van der Waals surface area contributed by atoms with Gasteiger partial charge in [0.2, 0.25) is 0 Å². The lowest BCUT2D eigenvalue weighted by atomic mass is 10.1. The summed E-state index contributed by atoms with van der Waals surface area (Å²) in [6.07, 6.45) is 34.9. The van der Waals surface area contributed by atoms with E-state index in [1.54, 1.807) is 0 Å². The van der Waals surface area contributed by atoms with E-state index in [1.165, 1.54) is 153 Å². The molecule has 0 N–H and O–H groups in total. The van der Waals surface area contributed by atoms with Crippen LogP contribution in [0.15, 0.2) is 0 Å². The summed E-state index contributed by atoms with van der Waals surface area (Å²) in [4.78, 5) is 49.1. The monoisotopic (exact) mass is 790 g/mol. The fraction of sp³-hybridized carbons (Fsp3) is 0.905. The molecule has 0 saturated carbocycles. The smallest absolute Gasteiger partial charge is 0.305 e. The van der Waals surface area contributed by atoms with Crippen molar-refractivity contribution in [2.24, 2.45) is 0 Å². The summed E-state index contributed by atoms with van der Waals surface area (Å²) in [5, 5.41) is 0.739. The number of esters is 2. The topological polar surface area (TPSA) is 90.0 Å². The van der Waals surface area contributed by atoms with E-state index in [1.807, 2.05) is 0 Å². The van der Waals surface area contributed by atoms with Crippen molar-refractivity contribution in [3.63, 3.8) is 0 Å². The summed E-state index contributed by atoms with van der Waals surface area (Å²) in [5.41, 5.74) is 0. The second kappa shape index (κ2) is 40.0. The van der Waals surface area contributed by atoms with E-state index >= 15 is 0 Å². The molecule has 0 aliphatic carbocycles. The Balaban J connectivity index is 3.85. The second-order valence-corrected chi connectivity index (χ2v) is 19.7. The Labute approximate surface area is 330 Å². The van der Waals surface area contributed by atoms with Crippen molar-refractivity contribution in [3.05, 3.63) is 0 Å². The van der Waals surface area contributed by atoms with Crippen LogP contribution >= 0.6 is 31.4 Å². The first-order chi connectivity index (χ1) is 25.3. The number of unbranched alkanes of at least 4 members (excludes halogenated alkanes) is 19. The molecule has 7 nitrogen and oxygen atoms in total. The standard InChI is InChI=1S/C42H80NO6PS2/c1-43(2)33-23-26-36-50(34-24-15-9-13-21-31-41(46)51-37-27-17-7-5-11-19-29-39(44)48-3)35-25-16-10-14-22-32-42(47)52-38-28-18-8-6-12-20-30-40(45)49-4/h5-38H2,1-4H3. The van der Waals surface area contributed by atoms with Gasteiger partial charge in [-0.25, -0.2) is 0 Å². The lowest BCUT2D eigenvalue weighted by Crippen LogP contribution is -2.13. The molecule has 0 bridgehead atoms. The Morgan fingerprint density at radius 1 is 0.423 bits per heavy atom. The van der Waals surface area contributed by atoms with Gasteiger partial charge < -0.3 is 14.4 Å². The average Bonchev–Trinajstić information content (AvgIpc) is 3.13. The van der Waals surface area contributed by atoms with E-state index in [9.17, 15) is 19.2 Å². The third-order valence-electron chi connectivity index (χ3n) is 9.57. The first-order valence-corrected chi connectivity index (χ1v) is 25.0. The van der Waals surface area contributed by atoms with Crippen LogP contribution in [0.2, 0.25) is 0 Å².